The molecule has 0 unspecified atom stereocenters. The summed E-state index contributed by atoms with van der Waals surface area (Å²) < 4.78 is 13.0. The van der Waals surface area contributed by atoms with Crippen molar-refractivity contribution in [1.29, 1.82) is 0 Å². The van der Waals surface area contributed by atoms with E-state index in [9.17, 15) is 14.3 Å². The monoisotopic (exact) mass is 254 g/mol. The van der Waals surface area contributed by atoms with Crippen molar-refractivity contribution in [2.24, 2.45) is 5.92 Å². The zero-order valence-electron chi connectivity index (χ0n) is 10.0. The number of aliphatic hydroxyl groups is 1. The Balaban J connectivity index is 2.13. The van der Waals surface area contributed by atoms with Crippen molar-refractivity contribution in [1.82, 2.24) is 4.98 Å². The van der Waals surface area contributed by atoms with Gasteiger partial charge >= 0.3 is 5.97 Å². The van der Waals surface area contributed by atoms with Crippen molar-refractivity contribution in [2.75, 3.05) is 18.5 Å². The Morgan fingerprint density at radius 1 is 1.61 bits per heavy atom. The molecule has 2 N–H and O–H groups in total. The summed E-state index contributed by atoms with van der Waals surface area (Å²) in [5, 5.41) is 18.2. The van der Waals surface area contributed by atoms with Crippen molar-refractivity contribution in [3.05, 3.63) is 23.6 Å². The van der Waals surface area contributed by atoms with E-state index >= 15 is 0 Å². The number of nitrogens with zero attached hydrogens (tertiary/aromatic N) is 2. The van der Waals surface area contributed by atoms with Gasteiger partial charge in [-0.05, 0) is 24.8 Å². The van der Waals surface area contributed by atoms with Crippen LogP contribution in [0, 0.1) is 11.7 Å². The minimum absolute atomic E-state index is 0.141. The predicted molar refractivity (Wildman–Crippen MR) is 63.2 cm³/mol. The van der Waals surface area contributed by atoms with Gasteiger partial charge in [-0.2, -0.15) is 0 Å². The third-order valence-electron chi connectivity index (χ3n) is 3.17. The van der Waals surface area contributed by atoms with Crippen LogP contribution in [-0.2, 0) is 0 Å². The molecule has 1 aromatic rings. The Labute approximate surface area is 104 Å². The third-order valence-corrected chi connectivity index (χ3v) is 3.17. The third kappa shape index (κ3) is 2.59. The molecule has 1 aromatic heterocycles. The molecular weight excluding hydrogens is 239 g/mol. The zero-order valence-corrected chi connectivity index (χ0v) is 10.0. The molecule has 1 aliphatic rings. The number of halogens is 1. The van der Waals surface area contributed by atoms with Gasteiger partial charge in [-0.1, -0.05) is 0 Å². The number of hydrogen-bond acceptors (Lipinski definition) is 4. The van der Waals surface area contributed by atoms with Gasteiger partial charge < -0.3 is 15.1 Å². The van der Waals surface area contributed by atoms with Gasteiger partial charge in [0.2, 0.25) is 0 Å². The maximum atomic E-state index is 13.0. The fourth-order valence-corrected chi connectivity index (χ4v) is 2.22. The molecule has 0 radical (unpaired) electrons. The van der Waals surface area contributed by atoms with E-state index < -0.39 is 11.8 Å². The molecule has 5 nitrogen and oxygen atoms in total. The van der Waals surface area contributed by atoms with Gasteiger partial charge in [0.05, 0.1) is 12.3 Å². The molecule has 0 bridgehead atoms. The lowest BCUT2D eigenvalue weighted by Gasteiger charge is -2.35. The summed E-state index contributed by atoms with van der Waals surface area (Å²) in [5.41, 5.74) is -0.141. The maximum Gasteiger partial charge on any atom is 0.339 e. The lowest BCUT2D eigenvalue weighted by Crippen LogP contribution is -2.37. The van der Waals surface area contributed by atoms with E-state index in [-0.39, 0.29) is 17.5 Å². The van der Waals surface area contributed by atoms with E-state index in [1.165, 1.54) is 0 Å². The zero-order chi connectivity index (χ0) is 13.3. The summed E-state index contributed by atoms with van der Waals surface area (Å²) in [7, 11) is 1.72. The number of carbonyl (C=O) groups is 1. The molecule has 0 atom stereocenters. The summed E-state index contributed by atoms with van der Waals surface area (Å²) in [6.07, 6.45) is 2.19. The van der Waals surface area contributed by atoms with Crippen LogP contribution in [0.25, 0.3) is 0 Å². The first-order valence-electron chi connectivity index (χ1n) is 5.75. The van der Waals surface area contributed by atoms with Gasteiger partial charge in [-0.3, -0.25) is 0 Å². The molecule has 0 amide bonds. The van der Waals surface area contributed by atoms with Crippen LogP contribution >= 0.6 is 0 Å². The summed E-state index contributed by atoms with van der Waals surface area (Å²) in [6.45, 7) is 0.607. The molecule has 1 heterocycles. The highest BCUT2D eigenvalue weighted by Gasteiger charge is 2.29. The number of aromatic nitrogens is 1. The molecule has 1 saturated carbocycles. The highest BCUT2D eigenvalue weighted by atomic mass is 19.1. The second-order valence-electron chi connectivity index (χ2n) is 4.70. The number of rotatable bonds is 4. The molecule has 18 heavy (non-hydrogen) atoms. The fourth-order valence-electron chi connectivity index (χ4n) is 2.22. The summed E-state index contributed by atoms with van der Waals surface area (Å²) in [6, 6.07) is 0.969. The molecule has 98 valence electrons. The number of carboxylic acids is 1. The smallest absolute Gasteiger partial charge is 0.339 e. The average molecular weight is 254 g/mol. The first kappa shape index (κ1) is 12.8. The van der Waals surface area contributed by atoms with Crippen molar-refractivity contribution >= 4 is 11.8 Å². The van der Waals surface area contributed by atoms with Crippen LogP contribution in [0.2, 0.25) is 0 Å². The van der Waals surface area contributed by atoms with Crippen LogP contribution < -0.4 is 4.90 Å². The van der Waals surface area contributed by atoms with Gasteiger partial charge in [-0.25, -0.2) is 14.2 Å². The largest absolute Gasteiger partial charge is 0.478 e. The molecule has 0 saturated heterocycles. The Kier molecular flexibility index (Phi) is 3.47. The second kappa shape index (κ2) is 4.89. The van der Waals surface area contributed by atoms with Crippen LogP contribution in [-0.4, -0.2) is 40.9 Å². The van der Waals surface area contributed by atoms with E-state index in [2.05, 4.69) is 4.98 Å². The number of aromatic carboxylic acids is 1. The normalized spacial score (nSPS) is 22.4. The Hall–Kier alpha value is -1.69. The van der Waals surface area contributed by atoms with Crippen LogP contribution in [0.4, 0.5) is 10.2 Å². The first-order chi connectivity index (χ1) is 8.47. The number of pyridine rings is 1. The molecule has 0 aliphatic heterocycles. The summed E-state index contributed by atoms with van der Waals surface area (Å²) in [4.78, 5) is 16.6. The van der Waals surface area contributed by atoms with Crippen LogP contribution in [0.1, 0.15) is 23.2 Å². The quantitative estimate of drug-likeness (QED) is 0.842. The van der Waals surface area contributed by atoms with Crippen molar-refractivity contribution < 1.29 is 19.4 Å². The Morgan fingerprint density at radius 2 is 2.28 bits per heavy atom. The Morgan fingerprint density at radius 3 is 2.83 bits per heavy atom. The van der Waals surface area contributed by atoms with Gasteiger partial charge in [-0.15, -0.1) is 0 Å². The van der Waals surface area contributed by atoms with E-state index in [1.807, 2.05) is 0 Å². The first-order valence-corrected chi connectivity index (χ1v) is 5.75. The van der Waals surface area contributed by atoms with Gasteiger partial charge in [0.25, 0.3) is 0 Å². The van der Waals surface area contributed by atoms with Crippen LogP contribution in [0.3, 0.4) is 0 Å². The summed E-state index contributed by atoms with van der Waals surface area (Å²) in [5.74, 6) is -1.27. The average Bonchev–Trinajstić information content (AvgIpc) is 2.26. The maximum absolute atomic E-state index is 13.0. The highest BCUT2D eigenvalue weighted by Crippen LogP contribution is 2.29. The van der Waals surface area contributed by atoms with Crippen molar-refractivity contribution in [3.8, 4) is 0 Å². The molecule has 2 rings (SSSR count). The second-order valence-corrected chi connectivity index (χ2v) is 4.70. The lowest BCUT2D eigenvalue weighted by atomic mass is 9.82. The van der Waals surface area contributed by atoms with E-state index in [0.29, 0.717) is 25.3 Å². The topological polar surface area (TPSA) is 73.7 Å². The number of anilines is 1. The molecule has 6 heteroatoms. The molecular formula is C12H15FN2O3. The molecule has 1 aliphatic carbocycles. The number of hydrogen-bond donors (Lipinski definition) is 2. The standard InChI is InChI=1S/C12H15FN2O3/c1-15(6-7-2-9(16)3-7)11-10(12(17)18)4-8(13)5-14-11/h4-5,7,9,16H,2-3,6H2,1H3,(H,17,18). The predicted octanol–water partition coefficient (Wildman–Crippen LogP) is 1.13. The number of aliphatic hydroxyl groups excluding tert-OH is 1. The van der Waals surface area contributed by atoms with E-state index in [4.69, 9.17) is 5.11 Å². The SMILES string of the molecule is CN(CC1CC(O)C1)c1ncc(F)cc1C(=O)O. The molecule has 1 fully saturated rings. The van der Waals surface area contributed by atoms with Crippen LogP contribution in [0.15, 0.2) is 12.3 Å². The molecule has 0 spiro atoms. The van der Waals surface area contributed by atoms with Crippen LogP contribution in [0.5, 0.6) is 0 Å². The summed E-state index contributed by atoms with van der Waals surface area (Å²) >= 11 is 0. The fraction of sp³-hybridized carbons (Fsp3) is 0.500. The van der Waals surface area contributed by atoms with Crippen molar-refractivity contribution in [3.63, 3.8) is 0 Å². The highest BCUT2D eigenvalue weighted by molar-refractivity contribution is 5.93. The van der Waals surface area contributed by atoms with Gasteiger partial charge in [0.15, 0.2) is 0 Å². The van der Waals surface area contributed by atoms with E-state index in [1.54, 1.807) is 11.9 Å². The molecule has 0 aromatic carbocycles. The van der Waals surface area contributed by atoms with Gasteiger partial charge in [0.1, 0.15) is 17.2 Å². The Bertz CT molecular complexity index is 461. The lowest BCUT2D eigenvalue weighted by molar-refractivity contribution is 0.0463. The van der Waals surface area contributed by atoms with Gasteiger partial charge in [0, 0.05) is 13.6 Å². The minimum atomic E-state index is -1.20. The van der Waals surface area contributed by atoms with Crippen molar-refractivity contribution in [2.45, 2.75) is 18.9 Å². The van der Waals surface area contributed by atoms with E-state index in [0.717, 1.165) is 12.3 Å². The number of carboxylic acid groups (broad SMARTS) is 1. The minimum Gasteiger partial charge on any atom is -0.478 e.